The van der Waals surface area contributed by atoms with E-state index < -0.39 is 7.12 Å². The van der Waals surface area contributed by atoms with Gasteiger partial charge in [-0.3, -0.25) is 0 Å². The third-order valence-corrected chi connectivity index (χ3v) is 4.65. The Balaban J connectivity index is 2.17. The highest BCUT2D eigenvalue weighted by molar-refractivity contribution is 6.62. The van der Waals surface area contributed by atoms with Gasteiger partial charge in [0.2, 0.25) is 0 Å². The molecule has 0 unspecified atom stereocenters. The molecule has 0 saturated carbocycles. The van der Waals surface area contributed by atoms with Crippen molar-refractivity contribution in [2.24, 2.45) is 0 Å². The molecule has 0 aliphatic carbocycles. The van der Waals surface area contributed by atoms with E-state index in [1.807, 2.05) is 53.7 Å². The van der Waals surface area contributed by atoms with Gasteiger partial charge in [0.05, 0.1) is 17.8 Å². The number of aryl methyl sites for hydroxylation is 2. The fourth-order valence-electron chi connectivity index (χ4n) is 2.66. The van der Waals surface area contributed by atoms with Crippen molar-refractivity contribution in [1.29, 1.82) is 0 Å². The Hall–Kier alpha value is -1.53. The Morgan fingerprint density at radius 2 is 1.58 bits per heavy atom. The molecular formula is C18H27BO5. The van der Waals surface area contributed by atoms with Crippen LogP contribution in [-0.4, -0.2) is 37.5 Å². The van der Waals surface area contributed by atoms with Crippen LogP contribution >= 0.6 is 0 Å². The SMILES string of the molecule is CCOC(=O)COc1c(C)cc(B2OC(C)(C)C(C)(C)O2)cc1C. The van der Waals surface area contributed by atoms with E-state index in [4.69, 9.17) is 18.8 Å². The molecule has 1 fully saturated rings. The highest BCUT2D eigenvalue weighted by atomic mass is 16.7. The van der Waals surface area contributed by atoms with Crippen molar-refractivity contribution >= 4 is 18.6 Å². The van der Waals surface area contributed by atoms with Crippen molar-refractivity contribution < 1.29 is 23.6 Å². The summed E-state index contributed by atoms with van der Waals surface area (Å²) in [6, 6.07) is 3.96. The van der Waals surface area contributed by atoms with Crippen molar-refractivity contribution in [2.75, 3.05) is 13.2 Å². The summed E-state index contributed by atoms with van der Waals surface area (Å²) in [5, 5.41) is 0. The summed E-state index contributed by atoms with van der Waals surface area (Å²) in [6.07, 6.45) is 0. The molecule has 24 heavy (non-hydrogen) atoms. The van der Waals surface area contributed by atoms with Crippen LogP contribution < -0.4 is 10.2 Å². The van der Waals surface area contributed by atoms with Gasteiger partial charge < -0.3 is 18.8 Å². The minimum Gasteiger partial charge on any atom is -0.481 e. The lowest BCUT2D eigenvalue weighted by atomic mass is 9.77. The zero-order valence-electron chi connectivity index (χ0n) is 15.7. The molecule has 0 radical (unpaired) electrons. The third kappa shape index (κ3) is 3.76. The second kappa shape index (κ2) is 6.77. The van der Waals surface area contributed by atoms with Gasteiger partial charge in [0.15, 0.2) is 6.61 Å². The summed E-state index contributed by atoms with van der Waals surface area (Å²) in [7, 11) is -0.411. The number of hydrogen-bond acceptors (Lipinski definition) is 5. The quantitative estimate of drug-likeness (QED) is 0.612. The second-order valence-corrected chi connectivity index (χ2v) is 7.17. The summed E-state index contributed by atoms with van der Waals surface area (Å²) in [6.45, 7) is 14.0. The monoisotopic (exact) mass is 334 g/mol. The molecule has 0 aromatic heterocycles. The van der Waals surface area contributed by atoms with Gasteiger partial charge in [-0.05, 0) is 65.1 Å². The molecule has 0 spiro atoms. The standard InChI is InChI=1S/C18H27BO5/c1-8-21-15(20)11-22-16-12(2)9-14(10-13(16)3)19-23-17(4,5)18(6,7)24-19/h9-10H,8,11H2,1-7H3. The van der Waals surface area contributed by atoms with Gasteiger partial charge in [-0.1, -0.05) is 12.1 Å². The van der Waals surface area contributed by atoms with Crippen LogP contribution in [0.15, 0.2) is 12.1 Å². The predicted molar refractivity (Wildman–Crippen MR) is 93.8 cm³/mol. The van der Waals surface area contributed by atoms with Gasteiger partial charge in [-0.15, -0.1) is 0 Å². The van der Waals surface area contributed by atoms with Crippen molar-refractivity contribution in [1.82, 2.24) is 0 Å². The molecule has 1 saturated heterocycles. The second-order valence-electron chi connectivity index (χ2n) is 7.17. The molecule has 0 bridgehead atoms. The number of benzene rings is 1. The Labute approximate surface area is 144 Å². The molecule has 5 nitrogen and oxygen atoms in total. The fourth-order valence-corrected chi connectivity index (χ4v) is 2.66. The summed E-state index contributed by atoms with van der Waals surface area (Å²) >= 11 is 0. The Morgan fingerprint density at radius 1 is 1.08 bits per heavy atom. The van der Waals surface area contributed by atoms with Crippen LogP contribution in [0, 0.1) is 13.8 Å². The first-order valence-electron chi connectivity index (χ1n) is 8.32. The molecule has 2 rings (SSSR count). The first-order chi connectivity index (χ1) is 11.1. The molecule has 0 atom stereocenters. The smallest absolute Gasteiger partial charge is 0.481 e. The van der Waals surface area contributed by atoms with E-state index in [1.54, 1.807) is 6.92 Å². The fraction of sp³-hybridized carbons (Fsp3) is 0.611. The summed E-state index contributed by atoms with van der Waals surface area (Å²) in [5.74, 6) is 0.328. The van der Waals surface area contributed by atoms with E-state index in [9.17, 15) is 4.79 Å². The number of hydrogen-bond donors (Lipinski definition) is 0. The molecule has 0 amide bonds. The molecule has 6 heteroatoms. The van der Waals surface area contributed by atoms with E-state index in [2.05, 4.69) is 0 Å². The summed E-state index contributed by atoms with van der Waals surface area (Å²) in [5.41, 5.74) is 2.07. The predicted octanol–water partition coefficient (Wildman–Crippen LogP) is 2.54. The molecule has 0 N–H and O–H groups in total. The summed E-state index contributed by atoms with van der Waals surface area (Å²) < 4.78 is 22.7. The van der Waals surface area contributed by atoms with E-state index >= 15 is 0 Å². The van der Waals surface area contributed by atoms with Gasteiger partial charge in [0.25, 0.3) is 0 Å². The van der Waals surface area contributed by atoms with Gasteiger partial charge in [0, 0.05) is 0 Å². The number of rotatable bonds is 5. The van der Waals surface area contributed by atoms with Crippen molar-refractivity contribution in [3.63, 3.8) is 0 Å². The highest BCUT2D eigenvalue weighted by Gasteiger charge is 2.51. The van der Waals surface area contributed by atoms with Gasteiger partial charge in [0.1, 0.15) is 5.75 Å². The van der Waals surface area contributed by atoms with Gasteiger partial charge in [-0.2, -0.15) is 0 Å². The van der Waals surface area contributed by atoms with Crippen molar-refractivity contribution in [3.8, 4) is 5.75 Å². The maximum Gasteiger partial charge on any atom is 0.494 e. The molecule has 1 aliphatic rings. The number of esters is 1. The first kappa shape index (κ1) is 18.8. The van der Waals surface area contributed by atoms with E-state index in [1.165, 1.54) is 0 Å². The molecular weight excluding hydrogens is 307 g/mol. The molecule has 1 aromatic carbocycles. The zero-order valence-corrected chi connectivity index (χ0v) is 15.7. The van der Waals surface area contributed by atoms with Gasteiger partial charge in [-0.25, -0.2) is 4.79 Å². The lowest BCUT2D eigenvalue weighted by Gasteiger charge is -2.32. The van der Waals surface area contributed by atoms with Crippen molar-refractivity contribution in [3.05, 3.63) is 23.3 Å². The topological polar surface area (TPSA) is 54.0 Å². The normalized spacial score (nSPS) is 18.5. The van der Waals surface area contributed by atoms with Crippen LogP contribution in [0.5, 0.6) is 5.75 Å². The van der Waals surface area contributed by atoms with E-state index in [-0.39, 0.29) is 23.8 Å². The molecule has 1 aromatic rings. The minimum atomic E-state index is -0.411. The maximum absolute atomic E-state index is 11.5. The number of ether oxygens (including phenoxy) is 2. The minimum absolute atomic E-state index is 0.0919. The van der Waals surface area contributed by atoms with Crippen LogP contribution in [0.25, 0.3) is 0 Å². The van der Waals surface area contributed by atoms with Crippen LogP contribution in [0.2, 0.25) is 0 Å². The Kier molecular flexibility index (Phi) is 5.30. The largest absolute Gasteiger partial charge is 0.494 e. The third-order valence-electron chi connectivity index (χ3n) is 4.65. The van der Waals surface area contributed by atoms with Crippen LogP contribution in [0.3, 0.4) is 0 Å². The summed E-state index contributed by atoms with van der Waals surface area (Å²) in [4.78, 5) is 11.5. The van der Waals surface area contributed by atoms with E-state index in [0.717, 1.165) is 16.6 Å². The molecule has 1 heterocycles. The average Bonchev–Trinajstić information content (AvgIpc) is 2.66. The Morgan fingerprint density at radius 3 is 2.04 bits per heavy atom. The first-order valence-corrected chi connectivity index (χ1v) is 8.32. The average molecular weight is 334 g/mol. The highest BCUT2D eigenvalue weighted by Crippen LogP contribution is 2.37. The molecule has 132 valence electrons. The maximum atomic E-state index is 11.5. The molecule has 1 aliphatic heterocycles. The zero-order chi connectivity index (χ0) is 18.1. The lowest BCUT2D eigenvalue weighted by Crippen LogP contribution is -2.41. The van der Waals surface area contributed by atoms with Crippen LogP contribution in [0.1, 0.15) is 45.7 Å². The van der Waals surface area contributed by atoms with Crippen molar-refractivity contribution in [2.45, 2.75) is 59.7 Å². The van der Waals surface area contributed by atoms with E-state index in [0.29, 0.717) is 12.4 Å². The van der Waals surface area contributed by atoms with Crippen LogP contribution in [-0.2, 0) is 18.8 Å². The number of carbonyl (C=O) groups excluding carboxylic acids is 1. The van der Waals surface area contributed by atoms with Gasteiger partial charge >= 0.3 is 13.1 Å². The van der Waals surface area contributed by atoms with Crippen LogP contribution in [0.4, 0.5) is 0 Å². The Bertz CT molecular complexity index is 585. The lowest BCUT2D eigenvalue weighted by molar-refractivity contribution is -0.145. The number of carbonyl (C=O) groups is 1.